The molecule has 134 valence electrons. The second-order valence-electron chi connectivity index (χ2n) is 5.83. The molecule has 2 fully saturated rings. The number of ether oxygens (including phenoxy) is 2. The fraction of sp³-hybridized carbons (Fsp3) is 0.571. The Labute approximate surface area is 139 Å². The van der Waals surface area contributed by atoms with Crippen LogP contribution in [0.4, 0.5) is 5.69 Å². The molecule has 0 radical (unpaired) electrons. The molecule has 0 aromatic heterocycles. The van der Waals surface area contributed by atoms with Crippen molar-refractivity contribution >= 4 is 15.7 Å². The molecule has 10 heteroatoms. The second-order valence-corrected chi connectivity index (χ2v) is 7.60. The highest BCUT2D eigenvalue weighted by molar-refractivity contribution is 7.89. The second kappa shape index (κ2) is 6.92. The number of hydrogen-bond acceptors (Lipinski definition) is 8. The van der Waals surface area contributed by atoms with Gasteiger partial charge in [0.1, 0.15) is 18.3 Å². The van der Waals surface area contributed by atoms with E-state index in [1.54, 1.807) is 0 Å². The third-order valence-electron chi connectivity index (χ3n) is 4.25. The van der Waals surface area contributed by atoms with Gasteiger partial charge in [0, 0.05) is 13.0 Å². The van der Waals surface area contributed by atoms with Crippen molar-refractivity contribution in [2.75, 3.05) is 18.6 Å². The van der Waals surface area contributed by atoms with Gasteiger partial charge in [-0.3, -0.25) is 10.7 Å². The van der Waals surface area contributed by atoms with Gasteiger partial charge in [-0.25, -0.2) is 13.1 Å². The standard InChI is InChI=1S/C14H20N2O7S/c17-7-12-13(18)14-11(23-12)5-9(22-14)6-15-24(20,21)10-3-1-8(16-19)2-4-10/h1-4,9,11-19H,5-7H2/t9-,11-,12+,13+,14+/m0/s1. The molecule has 0 spiro atoms. The van der Waals surface area contributed by atoms with Gasteiger partial charge in [-0.15, -0.1) is 0 Å². The van der Waals surface area contributed by atoms with E-state index in [-0.39, 0.29) is 24.2 Å². The zero-order chi connectivity index (χ0) is 17.3. The highest BCUT2D eigenvalue weighted by atomic mass is 32.2. The molecular formula is C14H20N2O7S. The van der Waals surface area contributed by atoms with Gasteiger partial charge in [0.05, 0.1) is 29.4 Å². The molecule has 0 saturated carbocycles. The Balaban J connectivity index is 1.56. The maximum atomic E-state index is 12.2. The minimum atomic E-state index is -3.71. The Morgan fingerprint density at radius 1 is 1.21 bits per heavy atom. The van der Waals surface area contributed by atoms with Gasteiger partial charge in [-0.1, -0.05) is 0 Å². The summed E-state index contributed by atoms with van der Waals surface area (Å²) in [6.45, 7) is -0.233. The maximum absolute atomic E-state index is 12.2. The summed E-state index contributed by atoms with van der Waals surface area (Å²) in [7, 11) is -3.71. The van der Waals surface area contributed by atoms with E-state index >= 15 is 0 Å². The Bertz CT molecular complexity index is 666. The molecule has 9 nitrogen and oxygen atoms in total. The van der Waals surface area contributed by atoms with Crippen molar-refractivity contribution in [3.8, 4) is 0 Å². The zero-order valence-electron chi connectivity index (χ0n) is 12.7. The van der Waals surface area contributed by atoms with Crippen LogP contribution >= 0.6 is 0 Å². The van der Waals surface area contributed by atoms with Crippen molar-refractivity contribution in [1.82, 2.24) is 4.72 Å². The van der Waals surface area contributed by atoms with Crippen LogP contribution in [0, 0.1) is 0 Å². The van der Waals surface area contributed by atoms with Crippen molar-refractivity contribution in [2.45, 2.75) is 41.8 Å². The summed E-state index contributed by atoms with van der Waals surface area (Å²) in [6, 6.07) is 5.60. The number of sulfonamides is 1. The van der Waals surface area contributed by atoms with Gasteiger partial charge < -0.3 is 19.7 Å². The molecule has 1 aromatic carbocycles. The molecule has 5 N–H and O–H groups in total. The number of anilines is 1. The first-order valence-electron chi connectivity index (χ1n) is 7.54. The Morgan fingerprint density at radius 2 is 1.92 bits per heavy atom. The molecule has 2 saturated heterocycles. The van der Waals surface area contributed by atoms with Gasteiger partial charge in [-0.2, -0.15) is 0 Å². The number of aliphatic hydroxyl groups excluding tert-OH is 2. The topological polar surface area (TPSA) is 137 Å². The van der Waals surface area contributed by atoms with Gasteiger partial charge >= 0.3 is 0 Å². The largest absolute Gasteiger partial charge is 0.394 e. The first kappa shape index (κ1) is 17.5. The number of fused-ring (bicyclic) bond motifs is 1. The van der Waals surface area contributed by atoms with Crippen LogP contribution in [0.1, 0.15) is 6.42 Å². The summed E-state index contributed by atoms with van der Waals surface area (Å²) in [5.74, 6) is 0. The van der Waals surface area contributed by atoms with Gasteiger partial charge in [0.15, 0.2) is 0 Å². The summed E-state index contributed by atoms with van der Waals surface area (Å²) >= 11 is 0. The molecule has 0 amide bonds. The molecule has 3 rings (SSSR count). The third-order valence-corrected chi connectivity index (χ3v) is 5.69. The first-order valence-corrected chi connectivity index (χ1v) is 9.02. The Kier molecular flexibility index (Phi) is 5.06. The highest BCUT2D eigenvalue weighted by Gasteiger charge is 2.50. The van der Waals surface area contributed by atoms with E-state index in [4.69, 9.17) is 19.8 Å². The van der Waals surface area contributed by atoms with Gasteiger partial charge in [0.25, 0.3) is 0 Å². The molecule has 0 unspecified atom stereocenters. The number of hydrogen-bond donors (Lipinski definition) is 5. The van der Waals surface area contributed by atoms with E-state index in [2.05, 4.69) is 4.72 Å². The van der Waals surface area contributed by atoms with Crippen molar-refractivity contribution < 1.29 is 33.3 Å². The first-order chi connectivity index (χ1) is 11.4. The fourth-order valence-electron chi connectivity index (χ4n) is 2.99. The highest BCUT2D eigenvalue weighted by Crippen LogP contribution is 2.34. The summed E-state index contributed by atoms with van der Waals surface area (Å²) in [4.78, 5) is 0.0660. The van der Waals surface area contributed by atoms with Crippen LogP contribution in [-0.2, 0) is 19.5 Å². The number of rotatable bonds is 6. The van der Waals surface area contributed by atoms with Crippen molar-refractivity contribution in [1.29, 1.82) is 0 Å². The predicted molar refractivity (Wildman–Crippen MR) is 82.1 cm³/mol. The number of nitrogens with one attached hydrogen (secondary N) is 2. The SMILES string of the molecule is O=S(=O)(NC[C@@H]1C[C@@H]2O[C@H](CO)[C@@H](O)[C@@H]2O1)c1ccc(NO)cc1. The molecular weight excluding hydrogens is 340 g/mol. The van der Waals surface area contributed by atoms with Gasteiger partial charge in [0.2, 0.25) is 10.0 Å². The fourth-order valence-corrected chi connectivity index (χ4v) is 4.05. The summed E-state index contributed by atoms with van der Waals surface area (Å²) < 4.78 is 38.1. The molecule has 24 heavy (non-hydrogen) atoms. The third kappa shape index (κ3) is 3.40. The van der Waals surface area contributed by atoms with E-state index in [1.807, 2.05) is 5.48 Å². The minimum absolute atomic E-state index is 0.0508. The lowest BCUT2D eigenvalue weighted by Crippen LogP contribution is -2.37. The number of aliphatic hydroxyl groups is 2. The van der Waals surface area contributed by atoms with Crippen LogP contribution in [0.25, 0.3) is 0 Å². The minimum Gasteiger partial charge on any atom is -0.394 e. The smallest absolute Gasteiger partial charge is 0.240 e. The average Bonchev–Trinajstić information content (AvgIpc) is 3.12. The van der Waals surface area contributed by atoms with Crippen LogP contribution in [0.5, 0.6) is 0 Å². The lowest BCUT2D eigenvalue weighted by Gasteiger charge is -2.18. The van der Waals surface area contributed by atoms with Crippen LogP contribution in [0.15, 0.2) is 29.2 Å². The molecule has 2 aliphatic heterocycles. The molecule has 1 aromatic rings. The van der Waals surface area contributed by atoms with E-state index in [0.29, 0.717) is 12.1 Å². The lowest BCUT2D eigenvalue weighted by atomic mass is 10.1. The Morgan fingerprint density at radius 3 is 2.50 bits per heavy atom. The maximum Gasteiger partial charge on any atom is 0.240 e. The monoisotopic (exact) mass is 360 g/mol. The number of benzene rings is 1. The molecule has 2 aliphatic rings. The molecule has 0 bridgehead atoms. The van der Waals surface area contributed by atoms with E-state index in [0.717, 1.165) is 0 Å². The van der Waals surface area contributed by atoms with Crippen LogP contribution < -0.4 is 10.2 Å². The Hall–Kier alpha value is -1.27. The van der Waals surface area contributed by atoms with E-state index in [1.165, 1.54) is 24.3 Å². The van der Waals surface area contributed by atoms with Crippen molar-refractivity contribution in [2.24, 2.45) is 0 Å². The lowest BCUT2D eigenvalue weighted by molar-refractivity contribution is -0.0506. The van der Waals surface area contributed by atoms with Crippen molar-refractivity contribution in [3.63, 3.8) is 0 Å². The molecule has 5 atom stereocenters. The molecule has 0 aliphatic carbocycles. The summed E-state index contributed by atoms with van der Waals surface area (Å²) in [6.07, 6.45) is -2.44. The zero-order valence-corrected chi connectivity index (χ0v) is 13.5. The van der Waals surface area contributed by atoms with E-state index < -0.39 is 34.4 Å². The van der Waals surface area contributed by atoms with Crippen LogP contribution in [0.3, 0.4) is 0 Å². The van der Waals surface area contributed by atoms with Crippen LogP contribution in [0.2, 0.25) is 0 Å². The van der Waals surface area contributed by atoms with Gasteiger partial charge in [-0.05, 0) is 24.3 Å². The van der Waals surface area contributed by atoms with E-state index in [9.17, 15) is 13.5 Å². The quantitative estimate of drug-likeness (QED) is 0.409. The normalized spacial score (nSPS) is 32.7. The average molecular weight is 360 g/mol. The summed E-state index contributed by atoms with van der Waals surface area (Å²) in [5.41, 5.74) is 2.31. The van der Waals surface area contributed by atoms with Crippen LogP contribution in [-0.4, -0.2) is 67.5 Å². The summed E-state index contributed by atoms with van der Waals surface area (Å²) in [5, 5.41) is 27.8. The van der Waals surface area contributed by atoms with Crippen molar-refractivity contribution in [3.05, 3.63) is 24.3 Å². The molecule has 2 heterocycles. The predicted octanol–water partition coefficient (Wildman–Crippen LogP) is -0.956.